The van der Waals surface area contributed by atoms with Gasteiger partial charge in [0.05, 0.1) is 14.2 Å². The summed E-state index contributed by atoms with van der Waals surface area (Å²) in [7, 11) is 4.95. The number of methoxy groups -OCH3 is 2. The second-order valence-corrected chi connectivity index (χ2v) is 7.31. The zero-order valence-electron chi connectivity index (χ0n) is 18.1. The van der Waals surface area contributed by atoms with Crippen LogP contribution in [0.5, 0.6) is 11.5 Å². The number of likely N-dealkylation sites (N-methyl/N-ethyl adjacent to an activating group) is 1. The van der Waals surface area contributed by atoms with Crippen LogP contribution in [0, 0.1) is 0 Å². The fraction of sp³-hybridized carbons (Fsp3) is 0.280. The lowest BCUT2D eigenvalue weighted by Gasteiger charge is -2.17. The molecule has 0 aromatic heterocycles. The summed E-state index contributed by atoms with van der Waals surface area (Å²) in [6, 6.07) is 19.4. The van der Waals surface area contributed by atoms with E-state index in [1.54, 1.807) is 26.2 Å². The second kappa shape index (κ2) is 10.5. The summed E-state index contributed by atoms with van der Waals surface area (Å²) in [5, 5.41) is 2.15. The maximum atomic E-state index is 12.4. The molecule has 0 heterocycles. The second-order valence-electron chi connectivity index (χ2n) is 7.31. The van der Waals surface area contributed by atoms with Crippen LogP contribution in [0.2, 0.25) is 0 Å². The monoisotopic (exact) mass is 421 g/mol. The van der Waals surface area contributed by atoms with Gasteiger partial charge in [-0.3, -0.25) is 9.59 Å². The molecule has 0 atom stereocenters. The van der Waals surface area contributed by atoms with Crippen LogP contribution in [0.4, 0.5) is 0 Å². The van der Waals surface area contributed by atoms with Crippen molar-refractivity contribution in [3.8, 4) is 11.5 Å². The number of esters is 1. The predicted octanol–water partition coefficient (Wildman–Crippen LogP) is 3.99. The number of amides is 1. The Balaban J connectivity index is 1.46. The quantitative estimate of drug-likeness (QED) is 0.489. The normalized spacial score (nSPS) is 10.5. The molecule has 31 heavy (non-hydrogen) atoms. The topological polar surface area (TPSA) is 65.1 Å². The van der Waals surface area contributed by atoms with E-state index in [-0.39, 0.29) is 18.9 Å². The van der Waals surface area contributed by atoms with Crippen LogP contribution in [-0.2, 0) is 27.3 Å². The molecule has 0 aliphatic heterocycles. The zero-order chi connectivity index (χ0) is 22.2. The maximum Gasteiger partial charge on any atom is 0.306 e. The van der Waals surface area contributed by atoms with Gasteiger partial charge in [-0.25, -0.2) is 0 Å². The van der Waals surface area contributed by atoms with Crippen LogP contribution in [-0.4, -0.2) is 44.7 Å². The van der Waals surface area contributed by atoms with Crippen molar-refractivity contribution in [2.75, 3.05) is 27.9 Å². The summed E-state index contributed by atoms with van der Waals surface area (Å²) in [5.74, 6) is 0.942. The number of hydrogen-bond donors (Lipinski definition) is 0. The van der Waals surface area contributed by atoms with Crippen LogP contribution >= 0.6 is 0 Å². The Morgan fingerprint density at radius 3 is 2.13 bits per heavy atom. The fourth-order valence-electron chi connectivity index (χ4n) is 3.22. The number of carbonyl (C=O) groups excluding carboxylic acids is 2. The molecule has 0 saturated carbocycles. The largest absolute Gasteiger partial charge is 0.497 e. The first-order chi connectivity index (χ1) is 15.0. The van der Waals surface area contributed by atoms with Gasteiger partial charge >= 0.3 is 5.97 Å². The van der Waals surface area contributed by atoms with Gasteiger partial charge < -0.3 is 19.1 Å². The van der Waals surface area contributed by atoms with Crippen LogP contribution in [0.1, 0.15) is 17.5 Å². The summed E-state index contributed by atoms with van der Waals surface area (Å²) < 4.78 is 15.5. The highest BCUT2D eigenvalue weighted by molar-refractivity contribution is 5.85. The molecule has 0 aliphatic carbocycles. The van der Waals surface area contributed by atoms with Gasteiger partial charge in [0, 0.05) is 20.0 Å². The van der Waals surface area contributed by atoms with Crippen LogP contribution in [0.15, 0.2) is 60.7 Å². The fourth-order valence-corrected chi connectivity index (χ4v) is 3.22. The Hall–Kier alpha value is -3.54. The molecule has 3 aromatic carbocycles. The minimum Gasteiger partial charge on any atom is -0.497 e. The van der Waals surface area contributed by atoms with Crippen molar-refractivity contribution in [1.82, 2.24) is 4.90 Å². The number of rotatable bonds is 9. The lowest BCUT2D eigenvalue weighted by molar-refractivity contribution is -0.151. The molecule has 3 rings (SSSR count). The average Bonchev–Trinajstić information content (AvgIpc) is 2.81. The third-order valence-electron chi connectivity index (χ3n) is 5.09. The van der Waals surface area contributed by atoms with Gasteiger partial charge in [-0.2, -0.15) is 0 Å². The van der Waals surface area contributed by atoms with Gasteiger partial charge in [0.15, 0.2) is 6.61 Å². The number of benzene rings is 3. The maximum absolute atomic E-state index is 12.4. The Labute approximate surface area is 182 Å². The van der Waals surface area contributed by atoms with Crippen molar-refractivity contribution in [1.29, 1.82) is 0 Å². The van der Waals surface area contributed by atoms with Gasteiger partial charge in [-0.1, -0.05) is 30.3 Å². The van der Waals surface area contributed by atoms with E-state index in [1.807, 2.05) is 60.7 Å². The molecule has 6 heteroatoms. The highest BCUT2D eigenvalue weighted by Crippen LogP contribution is 2.22. The van der Waals surface area contributed by atoms with Crippen LogP contribution in [0.3, 0.4) is 0 Å². The molecule has 1 amide bonds. The van der Waals surface area contributed by atoms with Crippen LogP contribution < -0.4 is 9.47 Å². The third kappa shape index (κ3) is 6.22. The Morgan fingerprint density at radius 1 is 0.806 bits per heavy atom. The van der Waals surface area contributed by atoms with E-state index in [2.05, 4.69) is 0 Å². The van der Waals surface area contributed by atoms with Crippen molar-refractivity contribution < 1.29 is 23.8 Å². The number of ether oxygens (including phenoxy) is 3. The minimum absolute atomic E-state index is 0.220. The molecule has 0 radical (unpaired) electrons. The van der Waals surface area contributed by atoms with Gasteiger partial charge in [-0.05, 0) is 58.7 Å². The van der Waals surface area contributed by atoms with Gasteiger partial charge in [0.1, 0.15) is 11.5 Å². The number of carbonyl (C=O) groups is 2. The van der Waals surface area contributed by atoms with E-state index >= 15 is 0 Å². The third-order valence-corrected chi connectivity index (χ3v) is 5.09. The first kappa shape index (κ1) is 22.2. The molecule has 0 N–H and O–H groups in total. The lowest BCUT2D eigenvalue weighted by atomic mass is 10.1. The van der Waals surface area contributed by atoms with Gasteiger partial charge in [-0.15, -0.1) is 0 Å². The summed E-state index contributed by atoms with van der Waals surface area (Å²) >= 11 is 0. The highest BCUT2D eigenvalue weighted by Gasteiger charge is 2.13. The van der Waals surface area contributed by atoms with Crippen LogP contribution in [0.25, 0.3) is 10.8 Å². The molecule has 162 valence electrons. The Morgan fingerprint density at radius 2 is 1.42 bits per heavy atom. The predicted molar refractivity (Wildman–Crippen MR) is 119 cm³/mol. The van der Waals surface area contributed by atoms with E-state index in [4.69, 9.17) is 14.2 Å². The highest BCUT2D eigenvalue weighted by atomic mass is 16.5. The summed E-state index contributed by atoms with van der Waals surface area (Å²) in [6.07, 6.45) is 0.770. The number of hydrogen-bond acceptors (Lipinski definition) is 5. The Kier molecular flexibility index (Phi) is 7.49. The van der Waals surface area contributed by atoms with Crippen molar-refractivity contribution >= 4 is 22.6 Å². The minimum atomic E-state index is -0.391. The molecular formula is C25H27NO5. The molecule has 6 nitrogen and oxygen atoms in total. The van der Waals surface area contributed by atoms with Crippen molar-refractivity contribution in [3.63, 3.8) is 0 Å². The lowest BCUT2D eigenvalue weighted by Crippen LogP contribution is -2.30. The molecule has 0 fully saturated rings. The average molecular weight is 421 g/mol. The first-order valence-electron chi connectivity index (χ1n) is 10.1. The van der Waals surface area contributed by atoms with Crippen molar-refractivity contribution in [2.24, 2.45) is 0 Å². The smallest absolute Gasteiger partial charge is 0.306 e. The molecule has 3 aromatic rings. The van der Waals surface area contributed by atoms with Gasteiger partial charge in [0.25, 0.3) is 5.91 Å². The van der Waals surface area contributed by atoms with E-state index in [1.165, 1.54) is 0 Å². The van der Waals surface area contributed by atoms with E-state index in [0.717, 1.165) is 33.4 Å². The molecule has 0 bridgehead atoms. The molecule has 0 aliphatic rings. The molecule has 0 spiro atoms. The van der Waals surface area contributed by atoms with E-state index < -0.39 is 5.97 Å². The van der Waals surface area contributed by atoms with E-state index in [9.17, 15) is 9.59 Å². The summed E-state index contributed by atoms with van der Waals surface area (Å²) in [4.78, 5) is 25.9. The SMILES string of the molecule is COc1ccc(CCC(=O)OCC(=O)N(C)Cc2ccc3cc(OC)ccc3c2)cc1. The molecule has 0 unspecified atom stereocenters. The number of nitrogens with zero attached hydrogens (tertiary/aromatic N) is 1. The van der Waals surface area contributed by atoms with Crippen molar-refractivity contribution in [2.45, 2.75) is 19.4 Å². The van der Waals surface area contributed by atoms with E-state index in [0.29, 0.717) is 13.0 Å². The summed E-state index contributed by atoms with van der Waals surface area (Å²) in [5.41, 5.74) is 2.01. The zero-order valence-corrected chi connectivity index (χ0v) is 18.1. The van der Waals surface area contributed by atoms with Crippen molar-refractivity contribution in [3.05, 3.63) is 71.8 Å². The van der Waals surface area contributed by atoms with Gasteiger partial charge in [0.2, 0.25) is 0 Å². The standard InChI is InChI=1S/C25H27NO5/c1-26(16-19-4-8-21-15-23(30-3)12-9-20(21)14-19)24(27)17-31-25(28)13-7-18-5-10-22(29-2)11-6-18/h4-6,8-12,14-15H,7,13,16-17H2,1-3H3. The molecular weight excluding hydrogens is 394 g/mol. The number of fused-ring (bicyclic) bond motifs is 1. The summed E-state index contributed by atoms with van der Waals surface area (Å²) in [6.45, 7) is 0.174. The number of aryl methyl sites for hydroxylation is 1. The molecule has 0 saturated heterocycles. The Bertz CT molecular complexity index is 1050. The first-order valence-corrected chi connectivity index (χ1v) is 10.1.